The molecule has 0 amide bonds. The lowest BCUT2D eigenvalue weighted by Gasteiger charge is -2.38. The Morgan fingerprint density at radius 3 is 2.36 bits per heavy atom. The topological polar surface area (TPSA) is 55.5 Å². The predicted octanol–water partition coefficient (Wildman–Crippen LogP) is 0.123. The van der Waals surface area contributed by atoms with Gasteiger partial charge in [0.25, 0.3) is 0 Å². The van der Waals surface area contributed by atoms with Gasteiger partial charge in [-0.25, -0.2) is 0 Å². The Labute approximate surface area is 67.5 Å². The average molecular weight is 159 g/mol. The number of ether oxygens (including phenoxy) is 1. The molecule has 1 aliphatic rings. The Morgan fingerprint density at radius 2 is 2.09 bits per heavy atom. The predicted molar refractivity (Wildman–Crippen MR) is 43.2 cm³/mol. The van der Waals surface area contributed by atoms with E-state index in [1.807, 2.05) is 6.92 Å². The van der Waals surface area contributed by atoms with E-state index in [4.69, 9.17) is 10.5 Å². The summed E-state index contributed by atoms with van der Waals surface area (Å²) in [5.41, 5.74) is 5.73. The third-order valence-corrected chi connectivity index (χ3v) is 2.77. The molecular formula is C8H17NO2. The van der Waals surface area contributed by atoms with E-state index in [9.17, 15) is 5.11 Å². The highest BCUT2D eigenvalue weighted by atomic mass is 16.5. The third kappa shape index (κ3) is 1.72. The van der Waals surface area contributed by atoms with Crippen molar-refractivity contribution in [2.75, 3.05) is 19.8 Å². The van der Waals surface area contributed by atoms with E-state index in [0.29, 0.717) is 0 Å². The fourth-order valence-electron chi connectivity index (χ4n) is 1.54. The minimum Gasteiger partial charge on any atom is -0.396 e. The quantitative estimate of drug-likeness (QED) is 0.602. The molecule has 1 aliphatic heterocycles. The number of nitrogens with two attached hydrogens (primary N) is 1. The molecule has 0 aliphatic carbocycles. The standard InChI is InChI=1S/C8H17NO2/c1-7(9)8(6-10)2-4-11-5-3-8/h7,10H,2-6,9H2,1H3/t7-/m1/s1. The van der Waals surface area contributed by atoms with Crippen molar-refractivity contribution in [3.05, 3.63) is 0 Å². The zero-order chi connectivity index (χ0) is 8.32. The molecule has 0 spiro atoms. The smallest absolute Gasteiger partial charge is 0.0503 e. The fraction of sp³-hybridized carbons (Fsp3) is 1.00. The molecule has 0 aromatic rings. The first-order valence-corrected chi connectivity index (χ1v) is 4.15. The van der Waals surface area contributed by atoms with Crippen molar-refractivity contribution < 1.29 is 9.84 Å². The Morgan fingerprint density at radius 1 is 1.55 bits per heavy atom. The monoisotopic (exact) mass is 159 g/mol. The molecule has 0 unspecified atom stereocenters. The van der Waals surface area contributed by atoms with E-state index in [1.165, 1.54) is 0 Å². The number of hydrogen-bond acceptors (Lipinski definition) is 3. The molecule has 1 heterocycles. The number of aliphatic hydroxyl groups is 1. The lowest BCUT2D eigenvalue weighted by Crippen LogP contribution is -2.46. The van der Waals surface area contributed by atoms with Crippen LogP contribution in [0.5, 0.6) is 0 Å². The minimum absolute atomic E-state index is 0.0661. The van der Waals surface area contributed by atoms with Crippen molar-refractivity contribution in [3.8, 4) is 0 Å². The van der Waals surface area contributed by atoms with Gasteiger partial charge < -0.3 is 15.6 Å². The molecule has 3 heteroatoms. The van der Waals surface area contributed by atoms with Crippen molar-refractivity contribution in [2.24, 2.45) is 11.1 Å². The molecule has 1 saturated heterocycles. The van der Waals surface area contributed by atoms with E-state index in [0.717, 1.165) is 26.1 Å². The van der Waals surface area contributed by atoms with E-state index in [2.05, 4.69) is 0 Å². The van der Waals surface area contributed by atoms with E-state index < -0.39 is 0 Å². The first-order chi connectivity index (χ1) is 5.21. The van der Waals surface area contributed by atoms with Crippen LogP contribution in [-0.4, -0.2) is 31.0 Å². The van der Waals surface area contributed by atoms with Gasteiger partial charge in [-0.3, -0.25) is 0 Å². The molecule has 3 N–H and O–H groups in total. The van der Waals surface area contributed by atoms with Gasteiger partial charge in [-0.1, -0.05) is 0 Å². The highest BCUT2D eigenvalue weighted by Gasteiger charge is 2.35. The van der Waals surface area contributed by atoms with Gasteiger partial charge in [0.05, 0.1) is 6.61 Å². The first kappa shape index (κ1) is 8.97. The lowest BCUT2D eigenvalue weighted by molar-refractivity contribution is -0.0270. The SMILES string of the molecule is C[C@@H](N)C1(CO)CCOCC1. The zero-order valence-electron chi connectivity index (χ0n) is 7.05. The number of rotatable bonds is 2. The fourth-order valence-corrected chi connectivity index (χ4v) is 1.54. The van der Waals surface area contributed by atoms with Gasteiger partial charge in [0.2, 0.25) is 0 Å². The molecule has 11 heavy (non-hydrogen) atoms. The van der Waals surface area contributed by atoms with Crippen LogP contribution in [0.15, 0.2) is 0 Å². The van der Waals surface area contributed by atoms with Crippen LogP contribution >= 0.6 is 0 Å². The van der Waals surface area contributed by atoms with Crippen LogP contribution in [0.1, 0.15) is 19.8 Å². The van der Waals surface area contributed by atoms with Gasteiger partial charge in [0.15, 0.2) is 0 Å². The van der Waals surface area contributed by atoms with Gasteiger partial charge in [-0.15, -0.1) is 0 Å². The van der Waals surface area contributed by atoms with Crippen molar-refractivity contribution in [2.45, 2.75) is 25.8 Å². The van der Waals surface area contributed by atoms with Crippen molar-refractivity contribution in [1.29, 1.82) is 0 Å². The summed E-state index contributed by atoms with van der Waals surface area (Å²) >= 11 is 0. The second kappa shape index (κ2) is 3.52. The van der Waals surface area contributed by atoms with E-state index >= 15 is 0 Å². The average Bonchev–Trinajstić information content (AvgIpc) is 2.05. The summed E-state index contributed by atoms with van der Waals surface area (Å²) in [5.74, 6) is 0. The van der Waals surface area contributed by atoms with Crippen LogP contribution in [0.2, 0.25) is 0 Å². The summed E-state index contributed by atoms with van der Waals surface area (Å²) in [6, 6.07) is 0.0661. The molecule has 0 radical (unpaired) electrons. The Balaban J connectivity index is 2.57. The Bertz CT molecular complexity index is 119. The molecule has 1 fully saturated rings. The molecule has 0 aromatic heterocycles. The van der Waals surface area contributed by atoms with Crippen molar-refractivity contribution in [3.63, 3.8) is 0 Å². The van der Waals surface area contributed by atoms with Crippen LogP contribution in [0.25, 0.3) is 0 Å². The zero-order valence-corrected chi connectivity index (χ0v) is 7.05. The summed E-state index contributed by atoms with van der Waals surface area (Å²) < 4.78 is 5.21. The number of hydrogen-bond donors (Lipinski definition) is 2. The first-order valence-electron chi connectivity index (χ1n) is 4.15. The van der Waals surface area contributed by atoms with Gasteiger partial charge in [-0.05, 0) is 19.8 Å². The lowest BCUT2D eigenvalue weighted by atomic mass is 9.75. The van der Waals surface area contributed by atoms with Crippen molar-refractivity contribution >= 4 is 0 Å². The van der Waals surface area contributed by atoms with Crippen LogP contribution in [0.4, 0.5) is 0 Å². The normalized spacial score (nSPS) is 26.5. The molecule has 0 aromatic carbocycles. The molecule has 0 saturated carbocycles. The summed E-state index contributed by atoms with van der Waals surface area (Å²) in [6.07, 6.45) is 1.78. The second-order valence-electron chi connectivity index (χ2n) is 3.42. The second-order valence-corrected chi connectivity index (χ2v) is 3.42. The van der Waals surface area contributed by atoms with E-state index in [1.54, 1.807) is 0 Å². The maximum absolute atomic E-state index is 9.18. The molecule has 3 nitrogen and oxygen atoms in total. The van der Waals surface area contributed by atoms with Crippen molar-refractivity contribution in [1.82, 2.24) is 0 Å². The van der Waals surface area contributed by atoms with E-state index in [-0.39, 0.29) is 18.1 Å². The Hall–Kier alpha value is -0.120. The molecule has 1 atom stereocenters. The summed E-state index contributed by atoms with van der Waals surface area (Å²) in [4.78, 5) is 0. The van der Waals surface area contributed by atoms with Gasteiger partial charge in [0, 0.05) is 24.7 Å². The Kier molecular flexibility index (Phi) is 2.87. The molecule has 66 valence electrons. The van der Waals surface area contributed by atoms with Gasteiger partial charge >= 0.3 is 0 Å². The highest BCUT2D eigenvalue weighted by molar-refractivity contribution is 4.87. The summed E-state index contributed by atoms with van der Waals surface area (Å²) in [7, 11) is 0. The van der Waals surface area contributed by atoms with Crippen LogP contribution in [0.3, 0.4) is 0 Å². The maximum atomic E-state index is 9.18. The number of aliphatic hydroxyl groups excluding tert-OH is 1. The van der Waals surface area contributed by atoms with Crippen LogP contribution < -0.4 is 5.73 Å². The molecule has 0 bridgehead atoms. The van der Waals surface area contributed by atoms with Gasteiger partial charge in [-0.2, -0.15) is 0 Å². The highest BCUT2D eigenvalue weighted by Crippen LogP contribution is 2.32. The maximum Gasteiger partial charge on any atom is 0.0503 e. The molecule has 1 rings (SSSR count). The molecular weight excluding hydrogens is 142 g/mol. The van der Waals surface area contributed by atoms with Crippen LogP contribution in [-0.2, 0) is 4.74 Å². The summed E-state index contributed by atoms with van der Waals surface area (Å²) in [5, 5.41) is 9.18. The minimum atomic E-state index is -0.0712. The van der Waals surface area contributed by atoms with Crippen LogP contribution in [0, 0.1) is 5.41 Å². The van der Waals surface area contributed by atoms with Gasteiger partial charge in [0.1, 0.15) is 0 Å². The third-order valence-electron chi connectivity index (χ3n) is 2.77. The summed E-state index contributed by atoms with van der Waals surface area (Å²) in [6.45, 7) is 3.62. The largest absolute Gasteiger partial charge is 0.396 e.